The maximum Gasteiger partial charge on any atom is 0.309 e. The summed E-state index contributed by atoms with van der Waals surface area (Å²) in [5.41, 5.74) is 4.86. The van der Waals surface area contributed by atoms with E-state index in [9.17, 15) is 4.79 Å². The lowest BCUT2D eigenvalue weighted by Crippen LogP contribution is -2.04. The Labute approximate surface area is 41.8 Å². The van der Waals surface area contributed by atoms with Crippen molar-refractivity contribution in [3.63, 3.8) is 0 Å². The number of carbonyl (C=O) groups is 1. The molecule has 2 N–H and O–H groups in total. The molecule has 0 aromatic carbocycles. The predicted octanol–water partition coefficient (Wildman–Crippen LogP) is -0.0206. The molecular weight excluding hydrogens is 94.0 g/mol. The van der Waals surface area contributed by atoms with Crippen molar-refractivity contribution in [2.75, 3.05) is 0 Å². The summed E-state index contributed by atoms with van der Waals surface area (Å²) in [6.45, 7) is 4.39. The third-order valence-electron chi connectivity index (χ3n) is 0.275. The van der Waals surface area contributed by atoms with E-state index < -0.39 is 5.97 Å². The van der Waals surface area contributed by atoms with Crippen LogP contribution in [0.5, 0.6) is 0 Å². The van der Waals surface area contributed by atoms with Crippen LogP contribution in [0.15, 0.2) is 12.5 Å². The first-order valence-corrected chi connectivity index (χ1v) is 1.75. The van der Waals surface area contributed by atoms with Crippen LogP contribution in [-0.4, -0.2) is 5.97 Å². The molecule has 3 nitrogen and oxygen atoms in total. The van der Waals surface area contributed by atoms with Gasteiger partial charge in [0.1, 0.15) is 0 Å². The zero-order valence-corrected chi connectivity index (χ0v) is 4.10. The Hall–Kier alpha value is -0.990. The second kappa shape index (κ2) is 2.23. The average Bonchev–Trinajstić information content (AvgIpc) is 1.27. The van der Waals surface area contributed by atoms with E-state index in [0.717, 1.165) is 0 Å². The predicted molar refractivity (Wildman–Crippen MR) is 25.1 cm³/mol. The van der Waals surface area contributed by atoms with E-state index in [2.05, 4.69) is 11.3 Å². The average molecular weight is 101 g/mol. The molecule has 0 spiro atoms. The molecule has 0 saturated carbocycles. The normalized spacial score (nSPS) is 7.57. The van der Waals surface area contributed by atoms with Crippen molar-refractivity contribution in [1.82, 2.24) is 0 Å². The summed E-state index contributed by atoms with van der Waals surface area (Å²) in [7, 11) is 0. The van der Waals surface area contributed by atoms with Gasteiger partial charge >= 0.3 is 5.97 Å². The van der Waals surface area contributed by atoms with Crippen molar-refractivity contribution in [3.8, 4) is 0 Å². The largest absolute Gasteiger partial charge is 0.411 e. The minimum Gasteiger partial charge on any atom is -0.411 e. The van der Waals surface area contributed by atoms with Crippen LogP contribution in [0.3, 0.4) is 0 Å². The SMILES string of the molecule is C=C(N)OC(C)=O. The van der Waals surface area contributed by atoms with Crippen LogP contribution in [0.1, 0.15) is 6.92 Å². The quantitative estimate of drug-likeness (QED) is 0.373. The number of hydrogen-bond donors (Lipinski definition) is 1. The molecule has 3 heteroatoms. The van der Waals surface area contributed by atoms with Crippen LogP contribution in [0, 0.1) is 0 Å². The molecule has 0 heterocycles. The van der Waals surface area contributed by atoms with Gasteiger partial charge in [-0.15, -0.1) is 0 Å². The third kappa shape index (κ3) is 5.01. The molecule has 0 aliphatic carbocycles. The second-order valence-electron chi connectivity index (χ2n) is 1.06. The smallest absolute Gasteiger partial charge is 0.309 e. The molecule has 40 valence electrons. The fourth-order valence-electron chi connectivity index (χ4n) is 0.185. The van der Waals surface area contributed by atoms with Crippen LogP contribution in [0.25, 0.3) is 0 Å². The Morgan fingerprint density at radius 3 is 2.29 bits per heavy atom. The zero-order chi connectivity index (χ0) is 5.86. The molecule has 0 bridgehead atoms. The van der Waals surface area contributed by atoms with Crippen LogP contribution < -0.4 is 5.73 Å². The topological polar surface area (TPSA) is 52.3 Å². The van der Waals surface area contributed by atoms with E-state index in [1.165, 1.54) is 6.92 Å². The van der Waals surface area contributed by atoms with Gasteiger partial charge in [-0.2, -0.15) is 0 Å². The van der Waals surface area contributed by atoms with Crippen molar-refractivity contribution >= 4 is 5.97 Å². The molecule has 7 heavy (non-hydrogen) atoms. The molecule has 0 amide bonds. The Morgan fingerprint density at radius 2 is 2.29 bits per heavy atom. The highest BCUT2D eigenvalue weighted by Gasteiger charge is 1.88. The number of esters is 1. The van der Waals surface area contributed by atoms with Gasteiger partial charge in [-0.3, -0.25) is 4.79 Å². The zero-order valence-electron chi connectivity index (χ0n) is 4.10. The number of hydrogen-bond acceptors (Lipinski definition) is 3. The Bertz CT molecular complexity index is 85.9. The van der Waals surface area contributed by atoms with Crippen molar-refractivity contribution in [2.24, 2.45) is 5.73 Å². The van der Waals surface area contributed by atoms with E-state index in [-0.39, 0.29) is 5.88 Å². The lowest BCUT2D eigenvalue weighted by Gasteiger charge is -1.93. The summed E-state index contributed by atoms with van der Waals surface area (Å²) in [6, 6.07) is 0. The first kappa shape index (κ1) is 6.01. The molecule has 0 radical (unpaired) electrons. The molecule has 0 aliphatic heterocycles. The Morgan fingerprint density at radius 1 is 1.86 bits per heavy atom. The molecular formula is C4H7NO2. The van der Waals surface area contributed by atoms with Crippen LogP contribution in [0.2, 0.25) is 0 Å². The van der Waals surface area contributed by atoms with Crippen LogP contribution in [-0.2, 0) is 9.53 Å². The fourth-order valence-corrected chi connectivity index (χ4v) is 0.185. The van der Waals surface area contributed by atoms with Gasteiger partial charge in [0.2, 0.25) is 0 Å². The number of ether oxygens (including phenoxy) is 1. The highest BCUT2D eigenvalue weighted by Crippen LogP contribution is 1.79. The minimum absolute atomic E-state index is 0.0625. The summed E-state index contributed by atoms with van der Waals surface area (Å²) in [6.07, 6.45) is 0. The molecule has 0 fully saturated rings. The molecule has 0 unspecified atom stereocenters. The first-order chi connectivity index (χ1) is 3.13. The summed E-state index contributed by atoms with van der Waals surface area (Å²) in [5.74, 6) is -0.500. The van der Waals surface area contributed by atoms with E-state index in [0.29, 0.717) is 0 Å². The van der Waals surface area contributed by atoms with Crippen LogP contribution in [0.4, 0.5) is 0 Å². The van der Waals surface area contributed by atoms with Crippen molar-refractivity contribution in [3.05, 3.63) is 12.5 Å². The maximum absolute atomic E-state index is 9.89. The highest BCUT2D eigenvalue weighted by molar-refractivity contribution is 5.66. The molecule has 0 rings (SSSR count). The maximum atomic E-state index is 9.89. The highest BCUT2D eigenvalue weighted by atomic mass is 16.5. The first-order valence-electron chi connectivity index (χ1n) is 1.75. The third-order valence-corrected chi connectivity index (χ3v) is 0.275. The summed E-state index contributed by atoms with van der Waals surface area (Å²) in [5, 5.41) is 0. The van der Waals surface area contributed by atoms with Gasteiger partial charge in [-0.1, -0.05) is 0 Å². The molecule has 0 aromatic heterocycles. The number of nitrogens with two attached hydrogens (primary N) is 1. The number of carbonyl (C=O) groups excluding carboxylic acids is 1. The standard InChI is InChI=1S/C4H7NO2/c1-3(5)7-4(2)6/h1,5H2,2H3. The Kier molecular flexibility index (Phi) is 1.91. The molecule has 0 saturated heterocycles. The van der Waals surface area contributed by atoms with Gasteiger partial charge < -0.3 is 10.5 Å². The van der Waals surface area contributed by atoms with Crippen molar-refractivity contribution < 1.29 is 9.53 Å². The molecule has 0 aliphatic rings. The van der Waals surface area contributed by atoms with Gasteiger partial charge in [-0.25, -0.2) is 0 Å². The van der Waals surface area contributed by atoms with Crippen molar-refractivity contribution in [1.29, 1.82) is 0 Å². The van der Waals surface area contributed by atoms with E-state index in [1.54, 1.807) is 0 Å². The Balaban J connectivity index is 3.32. The van der Waals surface area contributed by atoms with Crippen LogP contribution >= 0.6 is 0 Å². The van der Waals surface area contributed by atoms with Gasteiger partial charge in [0, 0.05) is 6.92 Å². The number of rotatable bonds is 1. The van der Waals surface area contributed by atoms with E-state index >= 15 is 0 Å². The second-order valence-corrected chi connectivity index (χ2v) is 1.06. The van der Waals surface area contributed by atoms with Gasteiger partial charge in [0.25, 0.3) is 0 Å². The summed E-state index contributed by atoms with van der Waals surface area (Å²) in [4.78, 5) is 9.89. The van der Waals surface area contributed by atoms with E-state index in [1.807, 2.05) is 0 Å². The molecule has 0 atom stereocenters. The summed E-state index contributed by atoms with van der Waals surface area (Å²) < 4.78 is 4.19. The van der Waals surface area contributed by atoms with Crippen molar-refractivity contribution in [2.45, 2.75) is 6.92 Å². The minimum atomic E-state index is -0.437. The lowest BCUT2D eigenvalue weighted by molar-refractivity contribution is -0.136. The summed E-state index contributed by atoms with van der Waals surface area (Å²) >= 11 is 0. The van der Waals surface area contributed by atoms with Gasteiger partial charge in [-0.05, 0) is 6.58 Å². The van der Waals surface area contributed by atoms with Gasteiger partial charge in [0.15, 0.2) is 5.88 Å². The molecule has 0 aromatic rings. The lowest BCUT2D eigenvalue weighted by atomic mass is 10.8. The monoisotopic (exact) mass is 101 g/mol. The fraction of sp³-hybridized carbons (Fsp3) is 0.250. The van der Waals surface area contributed by atoms with Gasteiger partial charge in [0.05, 0.1) is 0 Å². The van der Waals surface area contributed by atoms with E-state index in [4.69, 9.17) is 5.73 Å².